The largest absolute Gasteiger partial charge is 0.466 e. The number of esters is 1. The predicted molar refractivity (Wildman–Crippen MR) is 111 cm³/mol. The Morgan fingerprint density at radius 1 is 1.18 bits per heavy atom. The fraction of sp³-hybridized carbons (Fsp3) is 0.474. The zero-order chi connectivity index (χ0) is 19.5. The highest BCUT2D eigenvalue weighted by molar-refractivity contribution is 6.01. The molecular weight excluding hydrogens is 384 g/mol. The van der Waals surface area contributed by atoms with Gasteiger partial charge in [-0.2, -0.15) is 0 Å². The van der Waals surface area contributed by atoms with Gasteiger partial charge in [-0.1, -0.05) is 0 Å². The van der Waals surface area contributed by atoms with Crippen molar-refractivity contribution in [2.75, 3.05) is 37.0 Å². The topological polar surface area (TPSA) is 102 Å². The number of rotatable bonds is 11. The Morgan fingerprint density at radius 2 is 2.00 bits per heavy atom. The average Bonchev–Trinajstić information content (AvgIpc) is 2.66. The van der Waals surface area contributed by atoms with E-state index >= 15 is 0 Å². The number of ether oxygens (including phenoxy) is 2. The van der Waals surface area contributed by atoms with Crippen LogP contribution >= 0.6 is 12.4 Å². The highest BCUT2D eigenvalue weighted by Crippen LogP contribution is 2.28. The molecule has 0 saturated carbocycles. The molecule has 0 fully saturated rings. The van der Waals surface area contributed by atoms with E-state index in [1.165, 1.54) is 6.92 Å². The van der Waals surface area contributed by atoms with Crippen LogP contribution in [-0.4, -0.2) is 48.2 Å². The second-order valence-electron chi connectivity index (χ2n) is 5.93. The molecule has 154 valence electrons. The zero-order valence-corrected chi connectivity index (χ0v) is 17.0. The molecule has 0 saturated heterocycles. The zero-order valence-electron chi connectivity index (χ0n) is 16.2. The first kappa shape index (κ1) is 23.6. The van der Waals surface area contributed by atoms with Gasteiger partial charge >= 0.3 is 5.97 Å². The van der Waals surface area contributed by atoms with Gasteiger partial charge < -0.3 is 20.1 Å². The van der Waals surface area contributed by atoms with Gasteiger partial charge in [-0.25, -0.2) is 0 Å². The van der Waals surface area contributed by atoms with Crippen molar-refractivity contribution in [3.8, 4) is 0 Å². The molecule has 0 radical (unpaired) electrons. The van der Waals surface area contributed by atoms with Gasteiger partial charge in [0.2, 0.25) is 5.91 Å². The van der Waals surface area contributed by atoms with Gasteiger partial charge in [-0.3, -0.25) is 19.6 Å². The van der Waals surface area contributed by atoms with Gasteiger partial charge in [0.1, 0.15) is 12.1 Å². The fourth-order valence-electron chi connectivity index (χ4n) is 2.51. The van der Waals surface area contributed by atoms with E-state index in [0.717, 1.165) is 30.5 Å². The number of fused-ring (bicyclic) bond motifs is 1. The molecule has 0 aliphatic carbocycles. The standard InChI is InChI=1S/C19H26N4O4.ClH/c1-3-26-13-17(25)23-16-12-22-15-8-7-10-21-18(15)19(16)20-9-5-4-6-11-27-14(2)24;/h7-8,10,12H,3-6,9,11,13H2,1-2H3,(H,20,22)(H,23,25);1H. The van der Waals surface area contributed by atoms with Crippen LogP contribution in [-0.2, 0) is 19.1 Å². The van der Waals surface area contributed by atoms with Gasteiger partial charge in [0.15, 0.2) is 0 Å². The van der Waals surface area contributed by atoms with Crippen LogP contribution in [0.1, 0.15) is 33.1 Å². The van der Waals surface area contributed by atoms with Crippen molar-refractivity contribution in [3.05, 3.63) is 24.5 Å². The number of aromatic nitrogens is 2. The molecule has 9 heteroatoms. The molecule has 0 aromatic carbocycles. The Kier molecular flexibility index (Phi) is 10.8. The van der Waals surface area contributed by atoms with Crippen LogP contribution in [0.25, 0.3) is 11.0 Å². The van der Waals surface area contributed by atoms with E-state index < -0.39 is 0 Å². The van der Waals surface area contributed by atoms with Gasteiger partial charge in [0.05, 0.1) is 29.7 Å². The van der Waals surface area contributed by atoms with E-state index in [0.29, 0.717) is 31.0 Å². The number of anilines is 2. The van der Waals surface area contributed by atoms with E-state index in [4.69, 9.17) is 9.47 Å². The smallest absolute Gasteiger partial charge is 0.302 e. The van der Waals surface area contributed by atoms with E-state index in [1.807, 2.05) is 19.1 Å². The first-order valence-electron chi connectivity index (χ1n) is 9.10. The number of nitrogens with zero attached hydrogens (tertiary/aromatic N) is 2. The lowest BCUT2D eigenvalue weighted by atomic mass is 10.2. The van der Waals surface area contributed by atoms with Crippen molar-refractivity contribution >= 4 is 46.7 Å². The Labute approximate surface area is 170 Å². The molecule has 28 heavy (non-hydrogen) atoms. The van der Waals surface area contributed by atoms with E-state index in [-0.39, 0.29) is 30.9 Å². The number of hydrogen-bond donors (Lipinski definition) is 2. The number of nitrogens with one attached hydrogen (secondary N) is 2. The Balaban J connectivity index is 0.00000392. The number of amides is 1. The summed E-state index contributed by atoms with van der Waals surface area (Å²) in [4.78, 5) is 31.5. The van der Waals surface area contributed by atoms with Crippen LogP contribution in [0.15, 0.2) is 24.5 Å². The third kappa shape index (κ3) is 7.66. The lowest BCUT2D eigenvalue weighted by Gasteiger charge is -2.15. The van der Waals surface area contributed by atoms with Crippen LogP contribution in [0.5, 0.6) is 0 Å². The maximum Gasteiger partial charge on any atom is 0.302 e. The predicted octanol–water partition coefficient (Wildman–Crippen LogP) is 3.17. The van der Waals surface area contributed by atoms with Crippen molar-refractivity contribution in [1.29, 1.82) is 0 Å². The Morgan fingerprint density at radius 3 is 2.75 bits per heavy atom. The molecule has 2 N–H and O–H groups in total. The maximum absolute atomic E-state index is 12.0. The Bertz CT molecular complexity index is 773. The SMILES string of the molecule is CCOCC(=O)Nc1cnc2cccnc2c1NCCCCCOC(C)=O.Cl. The summed E-state index contributed by atoms with van der Waals surface area (Å²) >= 11 is 0. The summed E-state index contributed by atoms with van der Waals surface area (Å²) in [5, 5.41) is 6.18. The molecule has 0 aliphatic heterocycles. The molecule has 0 atom stereocenters. The van der Waals surface area contributed by atoms with Crippen molar-refractivity contribution < 1.29 is 19.1 Å². The summed E-state index contributed by atoms with van der Waals surface area (Å²) in [6, 6.07) is 3.69. The molecule has 0 unspecified atom stereocenters. The molecule has 0 spiro atoms. The minimum absolute atomic E-state index is 0. The van der Waals surface area contributed by atoms with Crippen molar-refractivity contribution in [1.82, 2.24) is 9.97 Å². The molecule has 8 nitrogen and oxygen atoms in total. The molecule has 2 heterocycles. The van der Waals surface area contributed by atoms with Crippen molar-refractivity contribution in [3.63, 3.8) is 0 Å². The van der Waals surface area contributed by atoms with Crippen LogP contribution < -0.4 is 10.6 Å². The van der Waals surface area contributed by atoms with Crippen LogP contribution in [0.4, 0.5) is 11.4 Å². The van der Waals surface area contributed by atoms with E-state index in [9.17, 15) is 9.59 Å². The monoisotopic (exact) mass is 410 g/mol. The number of carbonyl (C=O) groups is 2. The van der Waals surface area contributed by atoms with Gasteiger partial charge in [-0.15, -0.1) is 12.4 Å². The summed E-state index contributed by atoms with van der Waals surface area (Å²) in [5.41, 5.74) is 2.76. The quantitative estimate of drug-likeness (QED) is 0.433. The van der Waals surface area contributed by atoms with Gasteiger partial charge in [0.25, 0.3) is 0 Å². The minimum Gasteiger partial charge on any atom is -0.466 e. The van der Waals surface area contributed by atoms with E-state index in [2.05, 4.69) is 20.6 Å². The minimum atomic E-state index is -0.255. The number of hydrogen-bond acceptors (Lipinski definition) is 7. The summed E-state index contributed by atoms with van der Waals surface area (Å²) in [5.74, 6) is -0.492. The normalized spacial score (nSPS) is 10.2. The Hall–Kier alpha value is -2.45. The van der Waals surface area contributed by atoms with Crippen molar-refractivity contribution in [2.24, 2.45) is 0 Å². The molecule has 1 amide bonds. The van der Waals surface area contributed by atoms with E-state index in [1.54, 1.807) is 12.4 Å². The third-order valence-electron chi connectivity index (χ3n) is 3.76. The van der Waals surface area contributed by atoms with Gasteiger partial charge in [-0.05, 0) is 38.3 Å². The highest BCUT2D eigenvalue weighted by atomic mass is 35.5. The number of unbranched alkanes of at least 4 members (excludes halogenated alkanes) is 2. The van der Waals surface area contributed by atoms with Gasteiger partial charge in [0, 0.05) is 26.3 Å². The molecule has 2 aromatic rings. The van der Waals surface area contributed by atoms with Crippen molar-refractivity contribution in [2.45, 2.75) is 33.1 Å². The lowest BCUT2D eigenvalue weighted by molar-refractivity contribution is -0.141. The summed E-state index contributed by atoms with van der Waals surface area (Å²) in [6.45, 7) is 4.85. The second kappa shape index (κ2) is 12.9. The molecule has 0 aliphatic rings. The maximum atomic E-state index is 12.0. The highest BCUT2D eigenvalue weighted by Gasteiger charge is 2.12. The first-order valence-corrected chi connectivity index (χ1v) is 9.10. The molecule has 2 rings (SSSR count). The first-order chi connectivity index (χ1) is 13.1. The van der Waals surface area contributed by atoms with Crippen LogP contribution in [0.2, 0.25) is 0 Å². The number of pyridine rings is 2. The summed E-state index contributed by atoms with van der Waals surface area (Å²) in [7, 11) is 0. The van der Waals surface area contributed by atoms with Crippen LogP contribution in [0, 0.1) is 0 Å². The summed E-state index contributed by atoms with van der Waals surface area (Å²) < 4.78 is 10.1. The summed E-state index contributed by atoms with van der Waals surface area (Å²) in [6.07, 6.45) is 5.94. The third-order valence-corrected chi connectivity index (χ3v) is 3.76. The number of halogens is 1. The average molecular weight is 411 g/mol. The second-order valence-corrected chi connectivity index (χ2v) is 5.93. The molecule has 0 bridgehead atoms. The molecule has 2 aromatic heterocycles. The number of carbonyl (C=O) groups excluding carboxylic acids is 2. The molecular formula is C19H27ClN4O4. The lowest BCUT2D eigenvalue weighted by Crippen LogP contribution is -2.19. The fourth-order valence-corrected chi connectivity index (χ4v) is 2.51. The van der Waals surface area contributed by atoms with Crippen LogP contribution in [0.3, 0.4) is 0 Å².